The summed E-state index contributed by atoms with van der Waals surface area (Å²) < 4.78 is 5.92. The van der Waals surface area contributed by atoms with E-state index in [0.29, 0.717) is 24.0 Å². The molecule has 126 valence electrons. The number of thioether (sulfide) groups is 1. The van der Waals surface area contributed by atoms with Crippen molar-refractivity contribution < 1.29 is 9.53 Å². The van der Waals surface area contributed by atoms with E-state index in [4.69, 9.17) is 10.5 Å². The second kappa shape index (κ2) is 8.98. The van der Waals surface area contributed by atoms with E-state index in [1.165, 1.54) is 18.7 Å². The van der Waals surface area contributed by atoms with Gasteiger partial charge in [0.05, 0.1) is 6.54 Å². The summed E-state index contributed by atoms with van der Waals surface area (Å²) in [5.41, 5.74) is 8.42. The summed E-state index contributed by atoms with van der Waals surface area (Å²) in [6.45, 7) is 2.34. The van der Waals surface area contributed by atoms with Gasteiger partial charge in [-0.25, -0.2) is 0 Å². The molecular formula is C18H21N3O2S. The zero-order valence-electron chi connectivity index (χ0n) is 13.8. The molecule has 24 heavy (non-hydrogen) atoms. The van der Waals surface area contributed by atoms with Crippen molar-refractivity contribution in [1.29, 1.82) is 0 Å². The van der Waals surface area contributed by atoms with Gasteiger partial charge in [0.15, 0.2) is 5.17 Å². The first-order valence-corrected chi connectivity index (χ1v) is 8.72. The van der Waals surface area contributed by atoms with Gasteiger partial charge in [-0.3, -0.25) is 9.79 Å². The lowest BCUT2D eigenvalue weighted by Gasteiger charge is -2.13. The van der Waals surface area contributed by atoms with Gasteiger partial charge in [0.2, 0.25) is 5.91 Å². The molecule has 1 amide bonds. The van der Waals surface area contributed by atoms with Crippen molar-refractivity contribution >= 4 is 28.5 Å². The largest absolute Gasteiger partial charge is 0.489 e. The zero-order chi connectivity index (χ0) is 17.4. The molecule has 2 rings (SSSR count). The van der Waals surface area contributed by atoms with Crippen molar-refractivity contribution in [3.63, 3.8) is 0 Å². The van der Waals surface area contributed by atoms with Gasteiger partial charge in [-0.1, -0.05) is 42.1 Å². The zero-order valence-corrected chi connectivity index (χ0v) is 14.6. The SMILES string of the molecule is CSC(N)=NCc1cc(NC(C)=O)ccc1OCc1ccccc1. The Labute approximate surface area is 146 Å². The van der Waals surface area contributed by atoms with Crippen LogP contribution in [0.2, 0.25) is 0 Å². The number of rotatable bonds is 6. The maximum atomic E-state index is 11.2. The topological polar surface area (TPSA) is 76.7 Å². The van der Waals surface area contributed by atoms with E-state index >= 15 is 0 Å². The highest BCUT2D eigenvalue weighted by Gasteiger charge is 2.07. The Kier molecular flexibility index (Phi) is 6.69. The molecular weight excluding hydrogens is 322 g/mol. The molecule has 0 spiro atoms. The lowest BCUT2D eigenvalue weighted by atomic mass is 10.1. The Morgan fingerprint density at radius 3 is 2.67 bits per heavy atom. The van der Waals surface area contributed by atoms with Gasteiger partial charge in [0.25, 0.3) is 0 Å². The highest BCUT2D eigenvalue weighted by molar-refractivity contribution is 8.13. The highest BCUT2D eigenvalue weighted by atomic mass is 32.2. The van der Waals surface area contributed by atoms with E-state index in [-0.39, 0.29) is 5.91 Å². The number of ether oxygens (including phenoxy) is 1. The van der Waals surface area contributed by atoms with E-state index in [2.05, 4.69) is 10.3 Å². The van der Waals surface area contributed by atoms with Crippen LogP contribution in [0.5, 0.6) is 5.75 Å². The van der Waals surface area contributed by atoms with Gasteiger partial charge in [-0.2, -0.15) is 0 Å². The van der Waals surface area contributed by atoms with Crippen molar-refractivity contribution in [1.82, 2.24) is 0 Å². The van der Waals surface area contributed by atoms with Crippen molar-refractivity contribution in [3.8, 4) is 5.75 Å². The monoisotopic (exact) mass is 343 g/mol. The summed E-state index contributed by atoms with van der Waals surface area (Å²) in [5.74, 6) is 0.608. The number of amidine groups is 1. The standard InChI is InChI=1S/C18H21N3O2S/c1-13(22)21-16-8-9-17(15(10-16)11-20-18(19)24-2)23-12-14-6-4-3-5-7-14/h3-10H,11-12H2,1-2H3,(H2,19,20)(H,21,22). The first-order valence-electron chi connectivity index (χ1n) is 7.49. The molecule has 0 aliphatic rings. The van der Waals surface area contributed by atoms with Gasteiger partial charge >= 0.3 is 0 Å². The average molecular weight is 343 g/mol. The van der Waals surface area contributed by atoms with E-state index in [1.807, 2.05) is 54.8 Å². The lowest BCUT2D eigenvalue weighted by molar-refractivity contribution is -0.114. The highest BCUT2D eigenvalue weighted by Crippen LogP contribution is 2.25. The Hall–Kier alpha value is -2.47. The second-order valence-corrected chi connectivity index (χ2v) is 5.96. The van der Waals surface area contributed by atoms with Crippen LogP contribution in [-0.4, -0.2) is 17.3 Å². The van der Waals surface area contributed by atoms with Crippen LogP contribution in [-0.2, 0) is 17.9 Å². The van der Waals surface area contributed by atoms with Gasteiger partial charge in [0, 0.05) is 18.2 Å². The molecule has 6 heteroatoms. The Morgan fingerprint density at radius 2 is 2.00 bits per heavy atom. The van der Waals surface area contributed by atoms with Crippen LogP contribution in [0.25, 0.3) is 0 Å². The molecule has 0 aliphatic heterocycles. The van der Waals surface area contributed by atoms with E-state index in [0.717, 1.165) is 16.9 Å². The number of hydrogen-bond donors (Lipinski definition) is 2. The molecule has 2 aromatic rings. The average Bonchev–Trinajstić information content (AvgIpc) is 2.59. The van der Waals surface area contributed by atoms with Crippen molar-refractivity contribution in [3.05, 3.63) is 59.7 Å². The third-order valence-corrected chi connectivity index (χ3v) is 3.78. The number of hydrogen-bond acceptors (Lipinski definition) is 4. The van der Waals surface area contributed by atoms with Crippen LogP contribution in [0.4, 0.5) is 5.69 Å². The number of carbonyl (C=O) groups is 1. The van der Waals surface area contributed by atoms with Crippen LogP contribution in [0.15, 0.2) is 53.5 Å². The normalized spacial score (nSPS) is 11.2. The summed E-state index contributed by atoms with van der Waals surface area (Å²) in [5, 5.41) is 3.28. The minimum atomic E-state index is -0.119. The van der Waals surface area contributed by atoms with Crippen LogP contribution in [0.1, 0.15) is 18.1 Å². The van der Waals surface area contributed by atoms with Gasteiger partial charge in [0.1, 0.15) is 12.4 Å². The molecule has 0 heterocycles. The van der Waals surface area contributed by atoms with Crippen LogP contribution < -0.4 is 15.8 Å². The van der Waals surface area contributed by atoms with Crippen molar-refractivity contribution in [2.75, 3.05) is 11.6 Å². The first-order chi connectivity index (χ1) is 11.6. The second-order valence-electron chi connectivity index (χ2n) is 5.14. The fourth-order valence-electron chi connectivity index (χ4n) is 2.09. The van der Waals surface area contributed by atoms with Crippen LogP contribution in [0, 0.1) is 0 Å². The number of nitrogens with two attached hydrogens (primary N) is 1. The first kappa shape index (κ1) is 17.9. The van der Waals surface area contributed by atoms with Gasteiger partial charge in [-0.05, 0) is 30.0 Å². The Bertz CT molecular complexity index is 717. The minimum Gasteiger partial charge on any atom is -0.489 e. The molecule has 5 nitrogen and oxygen atoms in total. The number of nitrogens with zero attached hydrogens (tertiary/aromatic N) is 1. The van der Waals surface area contributed by atoms with Crippen molar-refractivity contribution in [2.45, 2.75) is 20.1 Å². The molecule has 0 bridgehead atoms. The van der Waals surface area contributed by atoms with Gasteiger partial charge in [-0.15, -0.1) is 0 Å². The third-order valence-electron chi connectivity index (χ3n) is 3.23. The minimum absolute atomic E-state index is 0.119. The van der Waals surface area contributed by atoms with E-state index in [1.54, 1.807) is 0 Å². The smallest absolute Gasteiger partial charge is 0.221 e. The fraction of sp³-hybridized carbons (Fsp3) is 0.222. The van der Waals surface area contributed by atoms with E-state index in [9.17, 15) is 4.79 Å². The number of aliphatic imine (C=N–C) groups is 1. The molecule has 0 atom stereocenters. The maximum absolute atomic E-state index is 11.2. The molecule has 0 radical (unpaired) electrons. The summed E-state index contributed by atoms with van der Waals surface area (Å²) >= 11 is 1.39. The number of benzene rings is 2. The summed E-state index contributed by atoms with van der Waals surface area (Å²) in [4.78, 5) is 15.6. The molecule has 0 aromatic heterocycles. The number of amides is 1. The molecule has 0 saturated heterocycles. The van der Waals surface area contributed by atoms with Gasteiger partial charge < -0.3 is 15.8 Å². The third kappa shape index (κ3) is 5.62. The quantitative estimate of drug-likeness (QED) is 0.622. The van der Waals surface area contributed by atoms with Crippen LogP contribution in [0.3, 0.4) is 0 Å². The summed E-state index contributed by atoms with van der Waals surface area (Å²) in [7, 11) is 0. The number of nitrogens with one attached hydrogen (secondary N) is 1. The molecule has 2 aromatic carbocycles. The number of carbonyl (C=O) groups excluding carboxylic acids is 1. The molecule has 0 saturated carbocycles. The Balaban J connectivity index is 2.19. The summed E-state index contributed by atoms with van der Waals surface area (Å²) in [6.07, 6.45) is 1.87. The fourth-order valence-corrected chi connectivity index (χ4v) is 2.28. The molecule has 0 unspecified atom stereocenters. The van der Waals surface area contributed by atoms with Crippen molar-refractivity contribution in [2.24, 2.45) is 10.7 Å². The predicted molar refractivity (Wildman–Crippen MR) is 100 cm³/mol. The Morgan fingerprint density at radius 1 is 1.25 bits per heavy atom. The van der Waals surface area contributed by atoms with Crippen LogP contribution >= 0.6 is 11.8 Å². The van der Waals surface area contributed by atoms with E-state index < -0.39 is 0 Å². The summed E-state index contributed by atoms with van der Waals surface area (Å²) in [6, 6.07) is 15.5. The molecule has 0 aliphatic carbocycles. The molecule has 3 N–H and O–H groups in total. The predicted octanol–water partition coefficient (Wildman–Crippen LogP) is 3.40. The molecule has 0 fully saturated rings. The lowest BCUT2D eigenvalue weighted by Crippen LogP contribution is -2.08. The maximum Gasteiger partial charge on any atom is 0.221 e. The number of anilines is 1.